The first-order valence-electron chi connectivity index (χ1n) is 10.1. The number of carbonyl (C=O) groups is 1. The lowest BCUT2D eigenvalue weighted by Crippen LogP contribution is -2.39. The predicted molar refractivity (Wildman–Crippen MR) is 114 cm³/mol. The van der Waals surface area contributed by atoms with E-state index in [1.807, 2.05) is 13.0 Å². The number of thiazole rings is 1. The van der Waals surface area contributed by atoms with Crippen LogP contribution in [0.25, 0.3) is 21.1 Å². The SMILES string of the molecule is CCc1cccc(-c2nc(C)c(-c3ccn(C(=O)NC4CCCCC4)n3)s2)c1. The van der Waals surface area contributed by atoms with Crippen LogP contribution in [0.15, 0.2) is 36.5 Å². The second-order valence-corrected chi connectivity index (χ2v) is 8.42. The highest BCUT2D eigenvalue weighted by atomic mass is 32.1. The van der Waals surface area contributed by atoms with Gasteiger partial charge in [0.1, 0.15) is 10.7 Å². The van der Waals surface area contributed by atoms with E-state index in [1.165, 1.54) is 29.5 Å². The summed E-state index contributed by atoms with van der Waals surface area (Å²) in [5.74, 6) is 0. The molecule has 5 nitrogen and oxygen atoms in total. The van der Waals surface area contributed by atoms with Gasteiger partial charge in [0.25, 0.3) is 0 Å². The van der Waals surface area contributed by atoms with Gasteiger partial charge >= 0.3 is 6.03 Å². The largest absolute Gasteiger partial charge is 0.342 e. The number of benzene rings is 1. The van der Waals surface area contributed by atoms with Crippen molar-refractivity contribution < 1.29 is 4.79 Å². The Balaban J connectivity index is 1.53. The van der Waals surface area contributed by atoms with Crippen LogP contribution in [-0.4, -0.2) is 26.8 Å². The Morgan fingerprint density at radius 1 is 1.25 bits per heavy atom. The Hall–Kier alpha value is -2.47. The molecule has 0 bridgehead atoms. The highest BCUT2D eigenvalue weighted by Gasteiger charge is 2.19. The Kier molecular flexibility index (Phi) is 5.57. The molecule has 0 atom stereocenters. The van der Waals surface area contributed by atoms with Crippen molar-refractivity contribution in [2.45, 2.75) is 58.4 Å². The van der Waals surface area contributed by atoms with Crippen molar-refractivity contribution in [2.75, 3.05) is 0 Å². The molecule has 0 spiro atoms. The van der Waals surface area contributed by atoms with Gasteiger partial charge in [-0.25, -0.2) is 9.78 Å². The van der Waals surface area contributed by atoms with E-state index in [1.54, 1.807) is 17.5 Å². The summed E-state index contributed by atoms with van der Waals surface area (Å²) < 4.78 is 1.42. The molecule has 3 aromatic rings. The second kappa shape index (κ2) is 8.27. The van der Waals surface area contributed by atoms with Crippen LogP contribution in [0.5, 0.6) is 0 Å². The Labute approximate surface area is 169 Å². The molecule has 1 aliphatic carbocycles. The molecule has 1 amide bonds. The van der Waals surface area contributed by atoms with E-state index in [9.17, 15) is 4.79 Å². The molecule has 1 fully saturated rings. The summed E-state index contributed by atoms with van der Waals surface area (Å²) in [5.41, 5.74) is 4.18. The third-order valence-electron chi connectivity index (χ3n) is 5.34. The molecule has 0 radical (unpaired) electrons. The van der Waals surface area contributed by atoms with Crippen LogP contribution in [0.3, 0.4) is 0 Å². The van der Waals surface area contributed by atoms with Crippen LogP contribution >= 0.6 is 11.3 Å². The van der Waals surface area contributed by atoms with Crippen molar-refractivity contribution in [1.29, 1.82) is 0 Å². The van der Waals surface area contributed by atoms with Crippen molar-refractivity contribution >= 4 is 17.4 Å². The van der Waals surface area contributed by atoms with Crippen LogP contribution in [0, 0.1) is 6.92 Å². The minimum absolute atomic E-state index is 0.142. The summed E-state index contributed by atoms with van der Waals surface area (Å²) in [4.78, 5) is 18.3. The molecule has 6 heteroatoms. The van der Waals surface area contributed by atoms with Crippen LogP contribution in [0.1, 0.15) is 50.3 Å². The topological polar surface area (TPSA) is 59.8 Å². The fourth-order valence-electron chi connectivity index (χ4n) is 3.73. The molecular formula is C22H26N4OS. The maximum absolute atomic E-state index is 12.5. The van der Waals surface area contributed by atoms with E-state index in [4.69, 9.17) is 4.98 Å². The van der Waals surface area contributed by atoms with Crippen molar-refractivity contribution in [3.63, 3.8) is 0 Å². The molecule has 0 saturated heterocycles. The van der Waals surface area contributed by atoms with Crippen molar-refractivity contribution in [2.24, 2.45) is 0 Å². The van der Waals surface area contributed by atoms with E-state index in [-0.39, 0.29) is 12.1 Å². The van der Waals surface area contributed by atoms with Gasteiger partial charge in [-0.3, -0.25) is 0 Å². The lowest BCUT2D eigenvalue weighted by atomic mass is 9.96. The molecule has 1 aromatic carbocycles. The van der Waals surface area contributed by atoms with Gasteiger partial charge in [-0.1, -0.05) is 44.4 Å². The fourth-order valence-corrected chi connectivity index (χ4v) is 4.76. The number of aryl methyl sites for hydroxylation is 2. The number of carbonyl (C=O) groups excluding carboxylic acids is 1. The first-order valence-corrected chi connectivity index (χ1v) is 10.9. The molecule has 1 aliphatic rings. The van der Waals surface area contributed by atoms with Crippen LogP contribution in [0.2, 0.25) is 0 Å². The summed E-state index contributed by atoms with van der Waals surface area (Å²) in [6.45, 7) is 4.16. The van der Waals surface area contributed by atoms with E-state index >= 15 is 0 Å². The zero-order valence-electron chi connectivity index (χ0n) is 16.4. The smallest absolute Gasteiger partial charge is 0.333 e. The van der Waals surface area contributed by atoms with Crippen LogP contribution in [-0.2, 0) is 6.42 Å². The van der Waals surface area contributed by atoms with E-state index in [0.717, 1.165) is 46.1 Å². The van der Waals surface area contributed by atoms with Crippen molar-refractivity contribution in [1.82, 2.24) is 20.1 Å². The molecule has 4 rings (SSSR count). The summed E-state index contributed by atoms with van der Waals surface area (Å²) in [6, 6.07) is 10.5. The normalized spacial score (nSPS) is 14.9. The summed E-state index contributed by atoms with van der Waals surface area (Å²) in [7, 11) is 0. The number of amides is 1. The highest BCUT2D eigenvalue weighted by molar-refractivity contribution is 7.18. The first-order chi connectivity index (χ1) is 13.6. The zero-order valence-corrected chi connectivity index (χ0v) is 17.3. The van der Waals surface area contributed by atoms with Gasteiger partial charge in [-0.05, 0) is 43.9 Å². The van der Waals surface area contributed by atoms with Gasteiger partial charge in [-0.15, -0.1) is 11.3 Å². The molecule has 1 N–H and O–H groups in total. The molecule has 0 unspecified atom stereocenters. The van der Waals surface area contributed by atoms with Gasteiger partial charge in [0.05, 0.1) is 10.6 Å². The van der Waals surface area contributed by atoms with Crippen LogP contribution < -0.4 is 5.32 Å². The average molecular weight is 395 g/mol. The highest BCUT2D eigenvalue weighted by Crippen LogP contribution is 2.34. The molecule has 28 heavy (non-hydrogen) atoms. The minimum Gasteiger partial charge on any atom is -0.333 e. The minimum atomic E-state index is -0.142. The summed E-state index contributed by atoms with van der Waals surface area (Å²) in [5, 5.41) is 8.62. The van der Waals surface area contributed by atoms with E-state index in [2.05, 4.69) is 41.6 Å². The Morgan fingerprint density at radius 2 is 2.07 bits per heavy atom. The standard InChI is InChI=1S/C22H26N4OS/c1-3-16-8-7-9-17(14-16)21-23-15(2)20(28-21)19-12-13-26(25-19)22(27)24-18-10-5-4-6-11-18/h7-9,12-14,18H,3-6,10-11H2,1-2H3,(H,24,27). The monoisotopic (exact) mass is 394 g/mol. The predicted octanol–water partition coefficient (Wildman–Crippen LogP) is 5.43. The summed E-state index contributed by atoms with van der Waals surface area (Å²) >= 11 is 1.63. The third-order valence-corrected chi connectivity index (χ3v) is 6.57. The Morgan fingerprint density at radius 3 is 2.86 bits per heavy atom. The van der Waals surface area contributed by atoms with Gasteiger partial charge in [-0.2, -0.15) is 9.78 Å². The average Bonchev–Trinajstić information content (AvgIpc) is 3.35. The number of aromatic nitrogens is 3. The lowest BCUT2D eigenvalue weighted by Gasteiger charge is -2.22. The number of hydrogen-bond donors (Lipinski definition) is 1. The number of hydrogen-bond acceptors (Lipinski definition) is 4. The molecule has 2 heterocycles. The molecule has 0 aliphatic heterocycles. The number of rotatable bonds is 4. The van der Waals surface area contributed by atoms with Gasteiger partial charge in [0, 0.05) is 17.8 Å². The Bertz CT molecular complexity index is 969. The zero-order chi connectivity index (χ0) is 19.5. The number of nitrogens with zero attached hydrogens (tertiary/aromatic N) is 3. The van der Waals surface area contributed by atoms with Crippen LogP contribution in [0.4, 0.5) is 4.79 Å². The molecule has 2 aromatic heterocycles. The van der Waals surface area contributed by atoms with E-state index in [0.29, 0.717) is 0 Å². The maximum atomic E-state index is 12.5. The first kappa shape index (κ1) is 18.9. The second-order valence-electron chi connectivity index (χ2n) is 7.42. The van der Waals surface area contributed by atoms with Crippen molar-refractivity contribution in [3.8, 4) is 21.1 Å². The fraction of sp³-hybridized carbons (Fsp3) is 0.409. The molecular weight excluding hydrogens is 368 g/mol. The third kappa shape index (κ3) is 4.02. The van der Waals surface area contributed by atoms with Gasteiger partial charge in [0.15, 0.2) is 0 Å². The lowest BCUT2D eigenvalue weighted by molar-refractivity contribution is 0.231. The van der Waals surface area contributed by atoms with Gasteiger partial charge < -0.3 is 5.32 Å². The number of nitrogens with one attached hydrogen (secondary N) is 1. The maximum Gasteiger partial charge on any atom is 0.342 e. The molecule has 146 valence electrons. The molecule has 1 saturated carbocycles. The summed E-state index contributed by atoms with van der Waals surface area (Å²) in [6.07, 6.45) is 8.53. The van der Waals surface area contributed by atoms with Crippen molar-refractivity contribution in [3.05, 3.63) is 47.8 Å². The van der Waals surface area contributed by atoms with Gasteiger partial charge in [0.2, 0.25) is 0 Å². The van der Waals surface area contributed by atoms with E-state index < -0.39 is 0 Å². The quantitative estimate of drug-likeness (QED) is 0.641.